The highest BCUT2D eigenvalue weighted by Crippen LogP contribution is 2.28. The predicted molar refractivity (Wildman–Crippen MR) is 154 cm³/mol. The van der Waals surface area contributed by atoms with Crippen LogP contribution in [0.15, 0.2) is 116 Å². The second-order valence-corrected chi connectivity index (χ2v) is 10.6. The summed E-state index contributed by atoms with van der Waals surface area (Å²) in [6, 6.07) is 30.2. The van der Waals surface area contributed by atoms with Crippen LogP contribution in [0.5, 0.6) is 0 Å². The topological polar surface area (TPSA) is 36.8 Å². The van der Waals surface area contributed by atoms with Crippen LogP contribution in [0.25, 0.3) is 0 Å². The van der Waals surface area contributed by atoms with Crippen LogP contribution in [0.1, 0.15) is 11.1 Å². The van der Waals surface area contributed by atoms with Crippen molar-refractivity contribution in [2.45, 2.75) is 9.79 Å². The zero-order chi connectivity index (χ0) is 24.6. The standard InChI is InChI=1S/C26H17Cl4N3S2/c27-19-11-20(28)14-23(13-19)34-32-25(17-7-3-1-4-8-17)31-26(18-9-5-2-6-10-18)33-35-24-15-21(29)12-22(30)16-24/h1-16H,(H,31,32,33). The van der Waals surface area contributed by atoms with E-state index in [9.17, 15) is 0 Å². The summed E-state index contributed by atoms with van der Waals surface area (Å²) in [4.78, 5) is 6.58. The van der Waals surface area contributed by atoms with E-state index in [0.29, 0.717) is 31.8 Å². The Hall–Kier alpha value is -2.12. The minimum atomic E-state index is 0.530. The molecule has 0 saturated heterocycles. The lowest BCUT2D eigenvalue weighted by Gasteiger charge is -2.11. The van der Waals surface area contributed by atoms with Gasteiger partial charge in [0.25, 0.3) is 0 Å². The van der Waals surface area contributed by atoms with Gasteiger partial charge in [-0.2, -0.15) is 4.40 Å². The van der Waals surface area contributed by atoms with Crippen molar-refractivity contribution in [3.05, 3.63) is 128 Å². The number of aliphatic imine (C=N–C) groups is 1. The van der Waals surface area contributed by atoms with Gasteiger partial charge in [0.15, 0.2) is 5.84 Å². The summed E-state index contributed by atoms with van der Waals surface area (Å²) in [6.45, 7) is 0. The number of halogens is 4. The van der Waals surface area contributed by atoms with Crippen LogP contribution in [0, 0.1) is 0 Å². The van der Waals surface area contributed by atoms with Crippen LogP contribution in [0.3, 0.4) is 0 Å². The molecule has 4 aromatic rings. The van der Waals surface area contributed by atoms with Crippen molar-refractivity contribution in [2.75, 3.05) is 0 Å². The number of amidine groups is 2. The van der Waals surface area contributed by atoms with Crippen LogP contribution in [0.2, 0.25) is 20.1 Å². The molecule has 1 N–H and O–H groups in total. The molecular weight excluding hydrogens is 560 g/mol. The first-order valence-corrected chi connectivity index (χ1v) is 13.4. The van der Waals surface area contributed by atoms with Crippen molar-refractivity contribution in [3.63, 3.8) is 0 Å². The van der Waals surface area contributed by atoms with Crippen molar-refractivity contribution in [1.82, 2.24) is 4.72 Å². The van der Waals surface area contributed by atoms with Crippen molar-refractivity contribution < 1.29 is 0 Å². The predicted octanol–water partition coefficient (Wildman–Crippen LogP) is 9.50. The van der Waals surface area contributed by atoms with Gasteiger partial charge in [0.1, 0.15) is 5.84 Å². The fourth-order valence-electron chi connectivity index (χ4n) is 2.95. The summed E-state index contributed by atoms with van der Waals surface area (Å²) in [6.07, 6.45) is 0. The van der Waals surface area contributed by atoms with E-state index in [1.165, 1.54) is 23.9 Å². The molecule has 176 valence electrons. The molecule has 0 unspecified atom stereocenters. The highest BCUT2D eigenvalue weighted by Gasteiger charge is 2.10. The number of benzene rings is 4. The average Bonchev–Trinajstić information content (AvgIpc) is 2.83. The highest BCUT2D eigenvalue weighted by molar-refractivity contribution is 7.98. The molecule has 9 heteroatoms. The third-order valence-electron chi connectivity index (χ3n) is 4.47. The molecule has 0 fully saturated rings. The van der Waals surface area contributed by atoms with E-state index in [1.54, 1.807) is 12.1 Å². The summed E-state index contributed by atoms with van der Waals surface area (Å²) >= 11 is 27.3. The molecule has 0 aliphatic rings. The molecule has 0 atom stereocenters. The summed E-state index contributed by atoms with van der Waals surface area (Å²) < 4.78 is 8.07. The zero-order valence-corrected chi connectivity index (χ0v) is 22.6. The second kappa shape index (κ2) is 12.7. The van der Waals surface area contributed by atoms with Gasteiger partial charge in [-0.1, -0.05) is 107 Å². The molecule has 4 aromatic carbocycles. The molecule has 0 aliphatic heterocycles. The second-order valence-electron chi connectivity index (χ2n) is 7.11. The van der Waals surface area contributed by atoms with E-state index in [-0.39, 0.29) is 0 Å². The molecule has 35 heavy (non-hydrogen) atoms. The SMILES string of the molecule is Clc1cc(Cl)cc(S/N=C(/N=C(NSc2cc(Cl)cc(Cl)c2)c2ccccc2)c2ccccc2)c1. The summed E-state index contributed by atoms with van der Waals surface area (Å²) in [5.74, 6) is 1.15. The minimum absolute atomic E-state index is 0.530. The lowest BCUT2D eigenvalue weighted by Crippen LogP contribution is -2.19. The van der Waals surface area contributed by atoms with E-state index < -0.39 is 0 Å². The lowest BCUT2D eigenvalue weighted by molar-refractivity contribution is 1.38. The third kappa shape index (κ3) is 7.94. The Balaban J connectivity index is 1.71. The van der Waals surface area contributed by atoms with Crippen molar-refractivity contribution in [2.24, 2.45) is 9.39 Å². The molecule has 4 rings (SSSR count). The molecule has 0 heterocycles. The van der Waals surface area contributed by atoms with E-state index in [1.807, 2.05) is 84.9 Å². The monoisotopic (exact) mass is 575 g/mol. The van der Waals surface area contributed by atoms with Gasteiger partial charge < -0.3 is 4.72 Å². The number of nitrogens with zero attached hydrogens (tertiary/aromatic N) is 2. The molecule has 0 bridgehead atoms. The van der Waals surface area contributed by atoms with Gasteiger partial charge in [-0.25, -0.2) is 4.99 Å². The van der Waals surface area contributed by atoms with Crippen LogP contribution < -0.4 is 4.72 Å². The molecular formula is C26H17Cl4N3S2. The Kier molecular flexibility index (Phi) is 9.44. The number of rotatable bonds is 6. The fraction of sp³-hybridized carbons (Fsp3) is 0. The number of hydrogen-bond acceptors (Lipinski definition) is 3. The van der Waals surface area contributed by atoms with Crippen LogP contribution in [-0.4, -0.2) is 11.7 Å². The smallest absolute Gasteiger partial charge is 0.169 e. The van der Waals surface area contributed by atoms with Crippen molar-refractivity contribution in [3.8, 4) is 0 Å². The Bertz CT molecular complexity index is 1320. The molecule has 3 nitrogen and oxygen atoms in total. The molecule has 0 saturated carbocycles. The summed E-state index contributed by atoms with van der Waals surface area (Å²) in [5, 5.41) is 2.21. The van der Waals surface area contributed by atoms with Crippen molar-refractivity contribution >= 4 is 82.0 Å². The third-order valence-corrected chi connectivity index (χ3v) is 6.82. The maximum absolute atomic E-state index is 6.17. The Morgan fingerprint density at radius 3 is 1.63 bits per heavy atom. The minimum Gasteiger partial charge on any atom is -0.310 e. The first kappa shape index (κ1) is 26.0. The van der Waals surface area contributed by atoms with Gasteiger partial charge >= 0.3 is 0 Å². The van der Waals surface area contributed by atoms with Gasteiger partial charge in [0.05, 0.1) is 0 Å². The molecule has 0 amide bonds. The average molecular weight is 577 g/mol. The largest absolute Gasteiger partial charge is 0.310 e. The Morgan fingerprint density at radius 2 is 1.09 bits per heavy atom. The summed E-state index contributed by atoms with van der Waals surface area (Å²) in [7, 11) is 0. The Labute approximate surface area is 232 Å². The van der Waals surface area contributed by atoms with Crippen LogP contribution in [-0.2, 0) is 0 Å². The normalized spacial score (nSPS) is 12.0. The van der Waals surface area contributed by atoms with Gasteiger partial charge in [-0.15, -0.1) is 0 Å². The number of nitrogens with one attached hydrogen (secondary N) is 1. The van der Waals surface area contributed by atoms with E-state index in [0.717, 1.165) is 20.9 Å². The van der Waals surface area contributed by atoms with Gasteiger partial charge in [0, 0.05) is 53.0 Å². The zero-order valence-electron chi connectivity index (χ0n) is 18.0. The van der Waals surface area contributed by atoms with Gasteiger partial charge in [-0.05, 0) is 48.3 Å². The van der Waals surface area contributed by atoms with Crippen molar-refractivity contribution in [1.29, 1.82) is 0 Å². The van der Waals surface area contributed by atoms with E-state index in [2.05, 4.69) is 4.72 Å². The number of hydrogen-bond donors (Lipinski definition) is 1. The van der Waals surface area contributed by atoms with Crippen LogP contribution >= 0.6 is 70.3 Å². The quantitative estimate of drug-likeness (QED) is 0.141. The fourth-order valence-corrected chi connectivity index (χ4v) is 5.70. The summed E-state index contributed by atoms with van der Waals surface area (Å²) in [5.41, 5.74) is 1.76. The van der Waals surface area contributed by atoms with E-state index >= 15 is 0 Å². The molecule has 0 radical (unpaired) electrons. The maximum Gasteiger partial charge on any atom is 0.169 e. The molecule has 0 aromatic heterocycles. The Morgan fingerprint density at radius 1 is 0.600 bits per heavy atom. The highest BCUT2D eigenvalue weighted by atomic mass is 35.5. The lowest BCUT2D eigenvalue weighted by atomic mass is 10.2. The first-order valence-electron chi connectivity index (χ1n) is 10.3. The molecule has 0 aliphatic carbocycles. The van der Waals surface area contributed by atoms with E-state index in [4.69, 9.17) is 55.8 Å². The van der Waals surface area contributed by atoms with Gasteiger partial charge in [0.2, 0.25) is 0 Å². The van der Waals surface area contributed by atoms with Gasteiger partial charge in [-0.3, -0.25) is 0 Å². The first-order chi connectivity index (χ1) is 17.0. The maximum atomic E-state index is 6.17. The van der Waals surface area contributed by atoms with Crippen LogP contribution in [0.4, 0.5) is 0 Å². The molecule has 0 spiro atoms.